The van der Waals surface area contributed by atoms with Gasteiger partial charge >= 0.3 is 0 Å². The zero-order chi connectivity index (χ0) is 15.6. The molecular weight excluding hydrogens is 296 g/mol. The summed E-state index contributed by atoms with van der Waals surface area (Å²) >= 11 is 0. The maximum Gasteiger partial charge on any atom is 0.235 e. The van der Waals surface area contributed by atoms with Gasteiger partial charge in [-0.05, 0) is 37.3 Å². The molecule has 1 saturated carbocycles. The van der Waals surface area contributed by atoms with Crippen LogP contribution in [0.3, 0.4) is 0 Å². The van der Waals surface area contributed by atoms with Crippen molar-refractivity contribution in [1.29, 1.82) is 5.26 Å². The molecule has 3 rings (SSSR count). The van der Waals surface area contributed by atoms with Gasteiger partial charge in [-0.25, -0.2) is 8.42 Å². The lowest BCUT2D eigenvalue weighted by Crippen LogP contribution is -2.36. The molecule has 1 aromatic rings. The molecule has 1 spiro atoms. The average molecular weight is 318 g/mol. The van der Waals surface area contributed by atoms with E-state index >= 15 is 0 Å². The number of unbranched alkanes of at least 4 members (excludes halogenated alkanes) is 2. The van der Waals surface area contributed by atoms with E-state index in [0.717, 1.165) is 18.5 Å². The Morgan fingerprint density at radius 2 is 1.91 bits per heavy atom. The van der Waals surface area contributed by atoms with Gasteiger partial charge in [0.15, 0.2) is 0 Å². The van der Waals surface area contributed by atoms with Gasteiger partial charge in [0.1, 0.15) is 0 Å². The Balaban J connectivity index is 1.85. The molecular formula is C17H22N2O2S. The second kappa shape index (κ2) is 5.92. The first-order valence-electron chi connectivity index (χ1n) is 8.06. The summed E-state index contributed by atoms with van der Waals surface area (Å²) < 4.78 is 27.1. The third-order valence-corrected chi connectivity index (χ3v) is 6.83. The van der Waals surface area contributed by atoms with Crippen LogP contribution in [0.1, 0.15) is 50.5 Å². The molecule has 4 nitrogen and oxygen atoms in total. The zero-order valence-electron chi connectivity index (χ0n) is 12.8. The van der Waals surface area contributed by atoms with Gasteiger partial charge in [0.05, 0.1) is 17.5 Å². The molecule has 0 amide bonds. The van der Waals surface area contributed by atoms with Crippen LogP contribution in [0.15, 0.2) is 24.3 Å². The van der Waals surface area contributed by atoms with Crippen LogP contribution >= 0.6 is 0 Å². The summed E-state index contributed by atoms with van der Waals surface area (Å²) in [5.41, 5.74) is 2.13. The number of anilines is 1. The number of para-hydroxylation sites is 1. The van der Waals surface area contributed by atoms with E-state index in [-0.39, 0.29) is 11.2 Å². The topological polar surface area (TPSA) is 61.2 Å². The lowest BCUT2D eigenvalue weighted by atomic mass is 9.81. The SMILES string of the molecule is N#CCCCCS(=O)(=O)N1CC2(CCCC2)c2ccccc21. The molecule has 1 fully saturated rings. The van der Waals surface area contributed by atoms with Gasteiger partial charge in [0.25, 0.3) is 0 Å². The quantitative estimate of drug-likeness (QED) is 0.782. The summed E-state index contributed by atoms with van der Waals surface area (Å²) in [6.45, 7) is 0.604. The fourth-order valence-corrected chi connectivity index (χ4v) is 5.60. The van der Waals surface area contributed by atoms with Crippen LogP contribution < -0.4 is 4.31 Å². The number of rotatable bonds is 5. The number of sulfonamides is 1. The highest BCUT2D eigenvalue weighted by molar-refractivity contribution is 7.92. The molecule has 0 atom stereocenters. The number of fused-ring (bicyclic) bond motifs is 2. The first-order valence-corrected chi connectivity index (χ1v) is 9.67. The Kier molecular flexibility index (Phi) is 4.14. The van der Waals surface area contributed by atoms with Gasteiger partial charge in [-0.1, -0.05) is 31.0 Å². The molecule has 2 aliphatic rings. The molecule has 0 bridgehead atoms. The molecule has 1 aliphatic heterocycles. The Labute approximate surface area is 132 Å². The highest BCUT2D eigenvalue weighted by Crippen LogP contribution is 2.51. The van der Waals surface area contributed by atoms with Crippen LogP contribution in [0.5, 0.6) is 0 Å². The van der Waals surface area contributed by atoms with E-state index in [9.17, 15) is 8.42 Å². The van der Waals surface area contributed by atoms with Crippen molar-refractivity contribution in [3.8, 4) is 6.07 Å². The molecule has 1 aliphatic carbocycles. The van der Waals surface area contributed by atoms with Crippen molar-refractivity contribution >= 4 is 15.7 Å². The standard InChI is InChI=1S/C17H22N2O2S/c18-12-6-1-7-13-22(20,21)19-14-17(10-4-5-11-17)15-8-2-3-9-16(15)19/h2-3,8-9H,1,4-7,10-11,13-14H2. The van der Waals surface area contributed by atoms with Crippen LogP contribution in [0, 0.1) is 11.3 Å². The maximum atomic E-state index is 12.7. The molecule has 1 heterocycles. The van der Waals surface area contributed by atoms with E-state index in [2.05, 4.69) is 12.1 Å². The van der Waals surface area contributed by atoms with Gasteiger partial charge in [0, 0.05) is 18.4 Å². The minimum atomic E-state index is -3.29. The molecule has 5 heteroatoms. The second-order valence-electron chi connectivity index (χ2n) is 6.44. The summed E-state index contributed by atoms with van der Waals surface area (Å²) in [4.78, 5) is 0. The second-order valence-corrected chi connectivity index (χ2v) is 8.46. The minimum absolute atomic E-state index is 0.0380. The average Bonchev–Trinajstić information content (AvgIpc) is 3.11. The molecule has 0 unspecified atom stereocenters. The number of benzene rings is 1. The first-order chi connectivity index (χ1) is 10.6. The Morgan fingerprint density at radius 3 is 2.64 bits per heavy atom. The van der Waals surface area contributed by atoms with Gasteiger partial charge < -0.3 is 0 Å². The first kappa shape index (κ1) is 15.4. The largest absolute Gasteiger partial charge is 0.269 e. The lowest BCUT2D eigenvalue weighted by Gasteiger charge is -2.25. The van der Waals surface area contributed by atoms with Crippen molar-refractivity contribution in [2.45, 2.75) is 50.4 Å². The Morgan fingerprint density at radius 1 is 1.18 bits per heavy atom. The number of nitrogens with zero attached hydrogens (tertiary/aromatic N) is 2. The molecule has 1 aromatic carbocycles. The van der Waals surface area contributed by atoms with E-state index < -0.39 is 10.0 Å². The van der Waals surface area contributed by atoms with Crippen molar-refractivity contribution in [2.24, 2.45) is 0 Å². The monoisotopic (exact) mass is 318 g/mol. The highest BCUT2D eigenvalue weighted by Gasteiger charge is 2.47. The molecule has 22 heavy (non-hydrogen) atoms. The van der Waals surface area contributed by atoms with Gasteiger partial charge in [-0.3, -0.25) is 4.31 Å². The van der Waals surface area contributed by atoms with Crippen molar-refractivity contribution < 1.29 is 8.42 Å². The van der Waals surface area contributed by atoms with Crippen molar-refractivity contribution in [2.75, 3.05) is 16.6 Å². The van der Waals surface area contributed by atoms with E-state index in [1.54, 1.807) is 4.31 Å². The van der Waals surface area contributed by atoms with Crippen molar-refractivity contribution in [3.05, 3.63) is 29.8 Å². The predicted octanol–water partition coefficient (Wildman–Crippen LogP) is 3.34. The lowest BCUT2D eigenvalue weighted by molar-refractivity contribution is 0.476. The summed E-state index contributed by atoms with van der Waals surface area (Å²) in [5.74, 6) is 0.138. The summed E-state index contributed by atoms with van der Waals surface area (Å²) in [6.07, 6.45) is 6.18. The highest BCUT2D eigenvalue weighted by atomic mass is 32.2. The minimum Gasteiger partial charge on any atom is -0.269 e. The fourth-order valence-electron chi connectivity index (χ4n) is 3.91. The van der Waals surface area contributed by atoms with Gasteiger partial charge in [0.2, 0.25) is 10.0 Å². The molecule has 118 valence electrons. The third-order valence-electron chi connectivity index (χ3n) is 5.03. The smallest absolute Gasteiger partial charge is 0.235 e. The molecule has 0 radical (unpaired) electrons. The van der Waals surface area contributed by atoms with Gasteiger partial charge in [-0.2, -0.15) is 5.26 Å². The van der Waals surface area contributed by atoms with Crippen LogP contribution in [0.2, 0.25) is 0 Å². The summed E-state index contributed by atoms with van der Waals surface area (Å²) in [5, 5.41) is 8.57. The number of nitriles is 1. The predicted molar refractivity (Wildman–Crippen MR) is 87.2 cm³/mol. The van der Waals surface area contributed by atoms with E-state index in [4.69, 9.17) is 5.26 Å². The van der Waals surface area contributed by atoms with Crippen LogP contribution in [0.4, 0.5) is 5.69 Å². The fraction of sp³-hybridized carbons (Fsp3) is 0.588. The van der Waals surface area contributed by atoms with E-state index in [1.165, 1.54) is 18.4 Å². The Bertz CT molecular complexity index is 685. The molecule has 0 N–H and O–H groups in total. The number of hydrogen-bond acceptors (Lipinski definition) is 3. The summed E-state index contributed by atoms with van der Waals surface area (Å²) in [7, 11) is -3.29. The third kappa shape index (κ3) is 2.61. The van der Waals surface area contributed by atoms with Crippen LogP contribution in [-0.4, -0.2) is 20.7 Å². The maximum absolute atomic E-state index is 12.7. The van der Waals surface area contributed by atoms with Gasteiger partial charge in [-0.15, -0.1) is 0 Å². The normalized spacial score (nSPS) is 19.3. The van der Waals surface area contributed by atoms with Crippen LogP contribution in [-0.2, 0) is 15.4 Å². The van der Waals surface area contributed by atoms with E-state index in [1.807, 2.05) is 18.2 Å². The number of hydrogen-bond donors (Lipinski definition) is 0. The van der Waals surface area contributed by atoms with E-state index in [0.29, 0.717) is 25.8 Å². The zero-order valence-corrected chi connectivity index (χ0v) is 13.6. The summed E-state index contributed by atoms with van der Waals surface area (Å²) in [6, 6.07) is 10.1. The van der Waals surface area contributed by atoms with Crippen LogP contribution in [0.25, 0.3) is 0 Å². The Hall–Kier alpha value is -1.54. The molecule has 0 aromatic heterocycles. The van der Waals surface area contributed by atoms with Crippen molar-refractivity contribution in [3.63, 3.8) is 0 Å². The van der Waals surface area contributed by atoms with Crippen molar-refractivity contribution in [1.82, 2.24) is 0 Å². The molecule has 0 saturated heterocycles.